The fraction of sp³-hybridized carbons (Fsp3) is 0.421. The highest BCUT2D eigenvalue weighted by atomic mass is 19.4. The second-order valence-electron chi connectivity index (χ2n) is 7.03. The van der Waals surface area contributed by atoms with Crippen LogP contribution < -0.4 is 15.5 Å². The molecule has 2 aromatic rings. The summed E-state index contributed by atoms with van der Waals surface area (Å²) in [6, 6.07) is 5.78. The first kappa shape index (κ1) is 20.7. The van der Waals surface area contributed by atoms with Crippen molar-refractivity contribution >= 4 is 5.91 Å². The van der Waals surface area contributed by atoms with Crippen molar-refractivity contribution in [2.75, 3.05) is 7.05 Å². The van der Waals surface area contributed by atoms with Gasteiger partial charge in [0.1, 0.15) is 5.75 Å². The Bertz CT molecular complexity index is 966. The van der Waals surface area contributed by atoms with E-state index < -0.39 is 34.6 Å². The Morgan fingerprint density at radius 1 is 1.34 bits per heavy atom. The molecule has 1 heterocycles. The summed E-state index contributed by atoms with van der Waals surface area (Å²) in [5, 5.41) is 16.3. The molecule has 0 unspecified atom stereocenters. The minimum absolute atomic E-state index is 0.181. The van der Waals surface area contributed by atoms with E-state index in [0.717, 1.165) is 19.0 Å². The third-order valence-corrected chi connectivity index (χ3v) is 5.09. The van der Waals surface area contributed by atoms with Crippen molar-refractivity contribution in [3.8, 4) is 11.5 Å². The number of hydrogen-bond donors (Lipinski definition) is 2. The number of aromatic hydroxyl groups is 1. The highest BCUT2D eigenvalue weighted by molar-refractivity contribution is 5.92. The smallest absolute Gasteiger partial charge is 0.503 e. The normalized spacial score (nSPS) is 15.9. The molecule has 7 nitrogen and oxygen atoms in total. The molecule has 1 saturated carbocycles. The van der Waals surface area contributed by atoms with Crippen molar-refractivity contribution in [1.29, 1.82) is 0 Å². The molecule has 1 aromatic carbocycles. The van der Waals surface area contributed by atoms with Gasteiger partial charge in [-0.15, -0.1) is 13.2 Å². The zero-order valence-corrected chi connectivity index (χ0v) is 15.6. The van der Waals surface area contributed by atoms with E-state index in [1.807, 2.05) is 0 Å². The van der Waals surface area contributed by atoms with Crippen LogP contribution in [0, 0.1) is 0 Å². The first-order chi connectivity index (χ1) is 13.6. The monoisotopic (exact) mass is 411 g/mol. The average molecular weight is 411 g/mol. The number of halogens is 3. The van der Waals surface area contributed by atoms with E-state index in [2.05, 4.69) is 15.2 Å². The number of nitrogens with one attached hydrogen (secondary N) is 1. The number of hydrogen-bond acceptors (Lipinski definition) is 5. The van der Waals surface area contributed by atoms with Gasteiger partial charge in [0.25, 0.3) is 11.3 Å². The topological polar surface area (TPSA) is 93.5 Å². The van der Waals surface area contributed by atoms with Crippen LogP contribution in [0.1, 0.15) is 41.7 Å². The molecular formula is C19H20F3N3O4. The van der Waals surface area contributed by atoms with Gasteiger partial charge in [0.05, 0.1) is 12.7 Å². The van der Waals surface area contributed by atoms with E-state index in [1.165, 1.54) is 29.9 Å². The number of aromatic nitrogens is 2. The largest absolute Gasteiger partial charge is 0.573 e. The van der Waals surface area contributed by atoms with Gasteiger partial charge in [-0.25, -0.2) is 0 Å². The molecule has 0 spiro atoms. The van der Waals surface area contributed by atoms with Gasteiger partial charge in [0.2, 0.25) is 0 Å². The SMILES string of the molecule is CNC(=O)c1nn(CC2(c3cccc(OC(F)(F)F)c3)CCCC2)cc(O)c1=O. The summed E-state index contributed by atoms with van der Waals surface area (Å²) in [7, 11) is 1.34. The van der Waals surface area contributed by atoms with Crippen LogP contribution in [-0.4, -0.2) is 34.2 Å². The van der Waals surface area contributed by atoms with Gasteiger partial charge in [-0.1, -0.05) is 25.0 Å². The molecular weight excluding hydrogens is 391 g/mol. The lowest BCUT2D eigenvalue weighted by Gasteiger charge is -2.30. The fourth-order valence-electron chi connectivity index (χ4n) is 3.79. The summed E-state index contributed by atoms with van der Waals surface area (Å²) < 4.78 is 43.1. The maximum absolute atomic E-state index is 12.6. The number of nitrogens with zero attached hydrogens (tertiary/aromatic N) is 2. The van der Waals surface area contributed by atoms with Crippen LogP contribution in [0.25, 0.3) is 0 Å². The number of ether oxygens (including phenoxy) is 1. The maximum Gasteiger partial charge on any atom is 0.573 e. The third kappa shape index (κ3) is 4.52. The van der Waals surface area contributed by atoms with Crippen molar-refractivity contribution in [3.05, 3.63) is 51.9 Å². The van der Waals surface area contributed by atoms with E-state index in [1.54, 1.807) is 6.07 Å². The van der Waals surface area contributed by atoms with E-state index >= 15 is 0 Å². The second kappa shape index (κ2) is 7.76. The van der Waals surface area contributed by atoms with Crippen LogP contribution in [0.3, 0.4) is 0 Å². The number of amides is 1. The molecule has 1 aliphatic carbocycles. The van der Waals surface area contributed by atoms with E-state index in [0.29, 0.717) is 18.4 Å². The predicted molar refractivity (Wildman–Crippen MR) is 96.8 cm³/mol. The summed E-state index contributed by atoms with van der Waals surface area (Å²) in [6.07, 6.45) is -0.600. The van der Waals surface area contributed by atoms with Gasteiger partial charge >= 0.3 is 6.36 Å². The second-order valence-corrected chi connectivity index (χ2v) is 7.03. The van der Waals surface area contributed by atoms with Crippen molar-refractivity contribution in [2.45, 2.75) is 44.0 Å². The Morgan fingerprint density at radius 2 is 2.03 bits per heavy atom. The molecule has 10 heteroatoms. The van der Waals surface area contributed by atoms with E-state index in [-0.39, 0.29) is 12.3 Å². The molecule has 3 rings (SSSR count). The van der Waals surface area contributed by atoms with Crippen LogP contribution in [0.4, 0.5) is 13.2 Å². The molecule has 0 bridgehead atoms. The summed E-state index contributed by atoms with van der Waals surface area (Å²) >= 11 is 0. The van der Waals surface area contributed by atoms with E-state index in [4.69, 9.17) is 0 Å². The summed E-state index contributed by atoms with van der Waals surface area (Å²) in [6.45, 7) is 0.181. The van der Waals surface area contributed by atoms with Crippen LogP contribution in [0.15, 0.2) is 35.3 Å². The quantitative estimate of drug-likeness (QED) is 0.789. The number of rotatable bonds is 5. The molecule has 0 atom stereocenters. The fourth-order valence-corrected chi connectivity index (χ4v) is 3.79. The molecule has 29 heavy (non-hydrogen) atoms. The highest BCUT2D eigenvalue weighted by Gasteiger charge is 2.38. The highest BCUT2D eigenvalue weighted by Crippen LogP contribution is 2.43. The summed E-state index contributed by atoms with van der Waals surface area (Å²) in [5.41, 5.74) is -1.27. The molecule has 0 saturated heterocycles. The molecule has 1 fully saturated rings. The lowest BCUT2D eigenvalue weighted by atomic mass is 9.78. The summed E-state index contributed by atoms with van der Waals surface area (Å²) in [5.74, 6) is -1.68. The first-order valence-corrected chi connectivity index (χ1v) is 9.03. The Labute approximate surface area is 164 Å². The van der Waals surface area contributed by atoms with Gasteiger partial charge in [-0.2, -0.15) is 5.10 Å². The van der Waals surface area contributed by atoms with Crippen molar-refractivity contribution < 1.29 is 27.8 Å². The maximum atomic E-state index is 12.6. The lowest BCUT2D eigenvalue weighted by molar-refractivity contribution is -0.274. The lowest BCUT2D eigenvalue weighted by Crippen LogP contribution is -2.33. The first-order valence-electron chi connectivity index (χ1n) is 9.03. The standard InChI is InChI=1S/C19H20F3N3O4/c1-23-17(28)15-16(27)14(26)10-25(24-15)11-18(7-2-3-8-18)12-5-4-6-13(9-12)29-19(20,21)22/h4-6,9-10,26H,2-3,7-8,11H2,1H3,(H,23,28). The number of carbonyl (C=O) groups is 1. The molecule has 156 valence electrons. The molecule has 1 aliphatic rings. The molecule has 1 amide bonds. The van der Waals surface area contributed by atoms with Gasteiger partial charge in [-0.3, -0.25) is 14.3 Å². The van der Waals surface area contributed by atoms with Crippen molar-refractivity contribution in [2.24, 2.45) is 0 Å². The van der Waals surface area contributed by atoms with Crippen molar-refractivity contribution in [3.63, 3.8) is 0 Å². The number of benzene rings is 1. The van der Waals surface area contributed by atoms with Crippen LogP contribution in [0.5, 0.6) is 11.5 Å². The minimum atomic E-state index is -4.80. The molecule has 0 aliphatic heterocycles. The van der Waals surface area contributed by atoms with Crippen molar-refractivity contribution in [1.82, 2.24) is 15.1 Å². The summed E-state index contributed by atoms with van der Waals surface area (Å²) in [4.78, 5) is 23.9. The van der Waals surface area contributed by atoms with E-state index in [9.17, 15) is 27.9 Å². The molecule has 0 radical (unpaired) electrons. The zero-order chi connectivity index (χ0) is 21.2. The van der Waals surface area contributed by atoms with Gasteiger partial charge in [-0.05, 0) is 30.5 Å². The Morgan fingerprint density at radius 3 is 2.66 bits per heavy atom. The average Bonchev–Trinajstić information content (AvgIpc) is 3.12. The van der Waals surface area contributed by atoms with Crippen LogP contribution in [-0.2, 0) is 12.0 Å². The van der Waals surface area contributed by atoms with Gasteiger partial charge < -0.3 is 15.2 Å². The van der Waals surface area contributed by atoms with Crippen LogP contribution in [0.2, 0.25) is 0 Å². The zero-order valence-electron chi connectivity index (χ0n) is 15.6. The molecule has 1 aromatic heterocycles. The Balaban J connectivity index is 1.99. The Hall–Kier alpha value is -3.04. The predicted octanol–water partition coefficient (Wildman–Crippen LogP) is 2.72. The third-order valence-electron chi connectivity index (χ3n) is 5.09. The van der Waals surface area contributed by atoms with Crippen LogP contribution >= 0.6 is 0 Å². The minimum Gasteiger partial charge on any atom is -0.503 e. The number of carbonyl (C=O) groups excluding carboxylic acids is 1. The van der Waals surface area contributed by atoms with Gasteiger partial charge in [0.15, 0.2) is 11.4 Å². The van der Waals surface area contributed by atoms with Gasteiger partial charge in [0, 0.05) is 12.5 Å². The number of alkyl halides is 3. The Kier molecular flexibility index (Phi) is 5.54. The molecule has 2 N–H and O–H groups in total.